The molecule has 0 aliphatic carbocycles. The summed E-state index contributed by atoms with van der Waals surface area (Å²) < 4.78 is 19.5. The monoisotopic (exact) mass is 949 g/mol. The number of halogens is 1. The zero-order chi connectivity index (χ0) is 35.7. The number of pyridine rings is 2. The van der Waals surface area contributed by atoms with Gasteiger partial charge in [0, 0.05) is 38.4 Å². The SMILES string of the molecule is Fc1ccc(-c2nccc3c2sc2c(-c4nc5ccccc5n4Cc4ccccc4)[c-]ccc23)cc1.[CH3][Ge]([CH3])([CH3])[c]1ccc(-c2[c-]cccc2)nc1.[Ir]. The summed E-state index contributed by atoms with van der Waals surface area (Å²) in [6.45, 7) is 0.716. The van der Waals surface area contributed by atoms with Crippen LogP contribution in [-0.4, -0.2) is 32.8 Å². The third-order valence-corrected chi connectivity index (χ3v) is 14.6. The summed E-state index contributed by atoms with van der Waals surface area (Å²) in [4.78, 5) is 14.3. The number of rotatable bonds is 6. The van der Waals surface area contributed by atoms with Crippen LogP contribution in [0.5, 0.6) is 0 Å². The van der Waals surface area contributed by atoms with E-state index >= 15 is 0 Å². The van der Waals surface area contributed by atoms with Gasteiger partial charge in [-0.05, 0) is 58.1 Å². The van der Waals surface area contributed by atoms with Crippen LogP contribution in [-0.2, 0) is 26.7 Å². The Kier molecular flexibility index (Phi) is 10.8. The van der Waals surface area contributed by atoms with Gasteiger partial charge in [-0.1, -0.05) is 53.4 Å². The van der Waals surface area contributed by atoms with Crippen molar-refractivity contribution in [2.45, 2.75) is 23.8 Å². The van der Waals surface area contributed by atoms with Gasteiger partial charge in [0.05, 0.1) is 27.3 Å². The van der Waals surface area contributed by atoms with Crippen LogP contribution >= 0.6 is 11.3 Å². The van der Waals surface area contributed by atoms with E-state index in [0.29, 0.717) is 6.54 Å². The molecule has 0 atom stereocenters. The van der Waals surface area contributed by atoms with Gasteiger partial charge in [0.25, 0.3) is 0 Å². The summed E-state index contributed by atoms with van der Waals surface area (Å²) in [5.41, 5.74) is 8.08. The minimum Gasteiger partial charge on any atom is 0 e. The molecule has 8 heteroatoms. The molecule has 0 aliphatic heterocycles. The number of aromatic nitrogens is 4. The first kappa shape index (κ1) is 36.6. The second-order valence-corrected chi connectivity index (χ2v) is 25.4. The number of hydrogen-bond acceptors (Lipinski definition) is 4. The first-order chi connectivity index (χ1) is 25.3. The Morgan fingerprint density at radius 3 is 2.21 bits per heavy atom. The van der Waals surface area contributed by atoms with Crippen molar-refractivity contribution in [2.24, 2.45) is 0 Å². The number of para-hydroxylation sites is 2. The average Bonchev–Trinajstić information content (AvgIpc) is 3.74. The molecule has 0 saturated carbocycles. The fourth-order valence-electron chi connectivity index (χ4n) is 6.39. The third kappa shape index (κ3) is 7.66. The summed E-state index contributed by atoms with van der Waals surface area (Å²) >= 11 is -0.0230. The minimum atomic E-state index is -1.72. The maximum atomic E-state index is 13.6. The molecule has 9 rings (SSSR count). The normalized spacial score (nSPS) is 11.3. The Hall–Kier alpha value is -4.79. The van der Waals surface area contributed by atoms with E-state index in [1.54, 1.807) is 23.5 Å². The van der Waals surface area contributed by atoms with Crippen LogP contribution in [0.15, 0.2) is 146 Å². The summed E-state index contributed by atoms with van der Waals surface area (Å²) in [7, 11) is 0. The molecule has 0 unspecified atom stereocenters. The van der Waals surface area contributed by atoms with Crippen molar-refractivity contribution < 1.29 is 24.5 Å². The van der Waals surface area contributed by atoms with Gasteiger partial charge in [0.1, 0.15) is 5.82 Å². The van der Waals surface area contributed by atoms with E-state index in [9.17, 15) is 4.39 Å². The number of nitrogens with zero attached hydrogens (tertiary/aromatic N) is 4. The van der Waals surface area contributed by atoms with Crippen molar-refractivity contribution in [2.75, 3.05) is 0 Å². The van der Waals surface area contributed by atoms with Crippen molar-refractivity contribution in [3.8, 4) is 33.9 Å². The average molecular weight is 948 g/mol. The smallest absolute Gasteiger partial charge is 0 e. The van der Waals surface area contributed by atoms with Crippen LogP contribution in [0, 0.1) is 17.9 Å². The molecule has 0 fully saturated rings. The van der Waals surface area contributed by atoms with Crippen molar-refractivity contribution in [1.29, 1.82) is 0 Å². The number of benzene rings is 5. The fraction of sp³-hybridized carbons (Fsp3) is 0.0889. The number of fused-ring (bicyclic) bond motifs is 4. The topological polar surface area (TPSA) is 43.6 Å². The van der Waals surface area contributed by atoms with Gasteiger partial charge in [0.2, 0.25) is 0 Å². The van der Waals surface area contributed by atoms with Crippen LogP contribution in [0.25, 0.3) is 65.1 Å². The third-order valence-electron chi connectivity index (χ3n) is 9.14. The van der Waals surface area contributed by atoms with E-state index in [1.165, 1.54) is 22.1 Å². The largest absolute Gasteiger partial charge is 0 e. The summed E-state index contributed by atoms with van der Waals surface area (Å²) in [5.74, 6) is 7.78. The van der Waals surface area contributed by atoms with Crippen molar-refractivity contribution in [3.05, 3.63) is 169 Å². The molecule has 4 heterocycles. The Labute approximate surface area is 329 Å². The standard InChI is InChI=1S/C31H19FN3S.C14H16GeN.Ir/c32-22-15-13-21(14-16-22)28-30-24(17-18-33-28)23-9-6-10-25(29(23)36-30)31-34-26-11-4-5-12-27(26)35(31)19-20-7-2-1-3-8-20;1-15(2,3)13-9-10-14(16-11-13)12-7-5-4-6-8-12;/h1-9,11-18H,19H2;4-7,9-11H,1-3H3;/q2*-1;. The summed E-state index contributed by atoms with van der Waals surface area (Å²) in [6.07, 6.45) is 3.87. The first-order valence-electron chi connectivity index (χ1n) is 17.2. The van der Waals surface area contributed by atoms with Crippen LogP contribution in [0.3, 0.4) is 0 Å². The molecular formula is C45H35FGeIrN4S-2. The molecule has 0 saturated heterocycles. The molecular weight excluding hydrogens is 912 g/mol. The summed E-state index contributed by atoms with van der Waals surface area (Å²) in [5, 5.41) is 2.28. The molecule has 9 aromatic rings. The minimum absolute atomic E-state index is 0. The van der Waals surface area contributed by atoms with Gasteiger partial charge in [-0.15, -0.1) is 18.2 Å². The van der Waals surface area contributed by atoms with Gasteiger partial charge in [0.15, 0.2) is 0 Å². The maximum Gasteiger partial charge on any atom is 0 e. The van der Waals surface area contributed by atoms with Crippen LogP contribution in [0.1, 0.15) is 5.56 Å². The number of imidazole rings is 1. The van der Waals surface area contributed by atoms with E-state index in [0.717, 1.165) is 65.1 Å². The van der Waals surface area contributed by atoms with Crippen molar-refractivity contribution in [1.82, 2.24) is 19.5 Å². The van der Waals surface area contributed by atoms with Gasteiger partial charge < -0.3 is 4.57 Å². The van der Waals surface area contributed by atoms with Crippen molar-refractivity contribution in [3.63, 3.8) is 0 Å². The summed E-state index contributed by atoms with van der Waals surface area (Å²) in [6, 6.07) is 50.4. The molecule has 0 N–H and O–H groups in total. The number of thiophene rings is 1. The van der Waals surface area contributed by atoms with Gasteiger partial charge in [-0.2, -0.15) is 11.3 Å². The molecule has 53 heavy (non-hydrogen) atoms. The molecule has 5 aromatic carbocycles. The zero-order valence-electron chi connectivity index (χ0n) is 29.5. The zero-order valence-corrected chi connectivity index (χ0v) is 34.8. The van der Waals surface area contributed by atoms with Gasteiger partial charge in [-0.3, -0.25) is 9.97 Å². The number of hydrogen-bond donors (Lipinski definition) is 0. The van der Waals surface area contributed by atoms with E-state index < -0.39 is 13.3 Å². The second-order valence-electron chi connectivity index (χ2n) is 13.7. The quantitative estimate of drug-likeness (QED) is 0.123. The van der Waals surface area contributed by atoms with Crippen LogP contribution in [0.4, 0.5) is 4.39 Å². The molecule has 263 valence electrons. The van der Waals surface area contributed by atoms with E-state index in [1.807, 2.05) is 54.9 Å². The maximum absolute atomic E-state index is 13.6. The molecule has 0 aliphatic rings. The molecule has 4 aromatic heterocycles. The molecule has 4 nitrogen and oxygen atoms in total. The van der Waals surface area contributed by atoms with Crippen LogP contribution in [0.2, 0.25) is 17.3 Å². The Morgan fingerprint density at radius 2 is 1.47 bits per heavy atom. The predicted octanol–water partition coefficient (Wildman–Crippen LogP) is 11.2. The first-order valence-corrected chi connectivity index (χ1v) is 25.4. The molecule has 1 radical (unpaired) electrons. The Bertz CT molecular complexity index is 2630. The van der Waals surface area contributed by atoms with Crippen LogP contribution < -0.4 is 4.40 Å². The fourth-order valence-corrected chi connectivity index (χ4v) is 9.86. The van der Waals surface area contributed by atoms with E-state index in [-0.39, 0.29) is 25.9 Å². The predicted molar refractivity (Wildman–Crippen MR) is 217 cm³/mol. The van der Waals surface area contributed by atoms with Gasteiger partial charge in [-0.25, -0.2) is 4.39 Å². The molecule has 0 amide bonds. The van der Waals surface area contributed by atoms with Gasteiger partial charge >= 0.3 is 99.8 Å². The second kappa shape index (κ2) is 15.7. The molecule has 0 bridgehead atoms. The van der Waals surface area contributed by atoms with E-state index in [2.05, 4.69) is 111 Å². The Morgan fingerprint density at radius 1 is 0.717 bits per heavy atom. The van der Waals surface area contributed by atoms with E-state index in [4.69, 9.17) is 4.98 Å². The Balaban J connectivity index is 0.000000216. The van der Waals surface area contributed by atoms with Crippen molar-refractivity contribution >= 4 is 60.2 Å². The molecule has 0 spiro atoms.